The van der Waals surface area contributed by atoms with Gasteiger partial charge in [0.05, 0.1) is 5.92 Å². The average molecular weight is 182 g/mol. The molecule has 1 aliphatic rings. The number of hydrogen-bond donors (Lipinski definition) is 0. The lowest BCUT2D eigenvalue weighted by Gasteiger charge is -2.04. The van der Waals surface area contributed by atoms with E-state index in [0.29, 0.717) is 5.92 Å². The van der Waals surface area contributed by atoms with Gasteiger partial charge in [0, 0.05) is 5.92 Å². The molecule has 0 aromatic rings. The Morgan fingerprint density at radius 1 is 1.54 bits per heavy atom. The molecule has 1 rings (SSSR count). The third-order valence-corrected chi connectivity index (χ3v) is 2.32. The van der Waals surface area contributed by atoms with Crippen molar-refractivity contribution in [2.75, 3.05) is 0 Å². The molecule has 0 fully saturated rings. The molecule has 1 heterocycles. The first-order valence-electron chi connectivity index (χ1n) is 5.08. The van der Waals surface area contributed by atoms with Gasteiger partial charge in [-0.1, -0.05) is 33.6 Å². The second-order valence-corrected chi connectivity index (χ2v) is 3.89. The first-order chi connectivity index (χ1) is 6.15. The van der Waals surface area contributed by atoms with Gasteiger partial charge in [0.2, 0.25) is 0 Å². The first-order valence-corrected chi connectivity index (χ1v) is 5.08. The molecule has 0 saturated heterocycles. The van der Waals surface area contributed by atoms with E-state index in [1.165, 1.54) is 0 Å². The Hall–Kier alpha value is -0.790. The minimum atomic E-state index is -0.0582. The fourth-order valence-corrected chi connectivity index (χ4v) is 1.43. The lowest BCUT2D eigenvalue weighted by atomic mass is 10.0. The van der Waals surface area contributed by atoms with Crippen LogP contribution in [0.15, 0.2) is 11.8 Å². The van der Waals surface area contributed by atoms with Gasteiger partial charge < -0.3 is 4.74 Å². The van der Waals surface area contributed by atoms with Gasteiger partial charge in [0.25, 0.3) is 0 Å². The number of unbranched alkanes of at least 4 members (excludes halogenated alkanes) is 1. The van der Waals surface area contributed by atoms with Crippen molar-refractivity contribution >= 4 is 5.97 Å². The molecule has 0 spiro atoms. The van der Waals surface area contributed by atoms with Gasteiger partial charge in [-0.2, -0.15) is 0 Å². The highest BCUT2D eigenvalue weighted by atomic mass is 16.5. The Bertz CT molecular complexity index is 216. The van der Waals surface area contributed by atoms with E-state index in [4.69, 9.17) is 4.74 Å². The molecule has 0 saturated carbocycles. The molecular weight excluding hydrogens is 164 g/mol. The standard InChI is InChI=1S/C11H18O2/c1-4-5-6-9-7-10(8(2)3)13-11(9)12/h7-9H,4-6H2,1-3H3. The van der Waals surface area contributed by atoms with Gasteiger partial charge in [0.1, 0.15) is 5.76 Å². The normalized spacial score (nSPS) is 22.0. The number of carbonyl (C=O) groups excluding carboxylic acids is 1. The number of hydrogen-bond acceptors (Lipinski definition) is 2. The summed E-state index contributed by atoms with van der Waals surface area (Å²) in [5.41, 5.74) is 0. The summed E-state index contributed by atoms with van der Waals surface area (Å²) in [5, 5.41) is 0. The molecule has 2 heteroatoms. The summed E-state index contributed by atoms with van der Waals surface area (Å²) in [4.78, 5) is 11.3. The van der Waals surface area contributed by atoms with Crippen LogP contribution in [0.5, 0.6) is 0 Å². The van der Waals surface area contributed by atoms with Crippen LogP contribution in [0, 0.1) is 11.8 Å². The number of esters is 1. The van der Waals surface area contributed by atoms with Gasteiger partial charge in [-0.25, -0.2) is 0 Å². The lowest BCUT2D eigenvalue weighted by Crippen LogP contribution is -2.08. The summed E-state index contributed by atoms with van der Waals surface area (Å²) in [7, 11) is 0. The van der Waals surface area contributed by atoms with Crippen LogP contribution in [0.1, 0.15) is 40.0 Å². The van der Waals surface area contributed by atoms with Crippen molar-refractivity contribution in [1.82, 2.24) is 0 Å². The lowest BCUT2D eigenvalue weighted by molar-refractivity contribution is -0.140. The molecule has 0 aromatic carbocycles. The van der Waals surface area contributed by atoms with Crippen molar-refractivity contribution in [3.8, 4) is 0 Å². The SMILES string of the molecule is CCCCC1C=C(C(C)C)OC1=O. The Labute approximate surface area is 80.0 Å². The number of rotatable bonds is 4. The number of cyclic esters (lactones) is 1. The van der Waals surface area contributed by atoms with E-state index in [1.54, 1.807) is 0 Å². The molecule has 0 N–H and O–H groups in total. The molecule has 1 unspecified atom stereocenters. The zero-order valence-electron chi connectivity index (χ0n) is 8.67. The largest absolute Gasteiger partial charge is 0.431 e. The Morgan fingerprint density at radius 2 is 2.23 bits per heavy atom. The van der Waals surface area contributed by atoms with Gasteiger partial charge in [-0.3, -0.25) is 4.79 Å². The fourth-order valence-electron chi connectivity index (χ4n) is 1.43. The van der Waals surface area contributed by atoms with E-state index in [1.807, 2.05) is 19.9 Å². The van der Waals surface area contributed by atoms with Crippen LogP contribution in [0.4, 0.5) is 0 Å². The van der Waals surface area contributed by atoms with Crippen molar-refractivity contribution in [3.63, 3.8) is 0 Å². The highest BCUT2D eigenvalue weighted by molar-refractivity contribution is 5.78. The summed E-state index contributed by atoms with van der Waals surface area (Å²) in [5.74, 6) is 1.15. The average Bonchev–Trinajstić information content (AvgIpc) is 2.44. The molecule has 0 aromatic heterocycles. The van der Waals surface area contributed by atoms with Crippen molar-refractivity contribution in [3.05, 3.63) is 11.8 Å². The van der Waals surface area contributed by atoms with E-state index in [9.17, 15) is 4.79 Å². The van der Waals surface area contributed by atoms with E-state index < -0.39 is 0 Å². The summed E-state index contributed by atoms with van der Waals surface area (Å²) in [6, 6.07) is 0. The second kappa shape index (κ2) is 4.45. The molecule has 0 aliphatic carbocycles. The molecule has 0 bridgehead atoms. The number of ether oxygens (including phenoxy) is 1. The molecule has 2 nitrogen and oxygen atoms in total. The van der Waals surface area contributed by atoms with Gasteiger partial charge in [-0.15, -0.1) is 0 Å². The zero-order valence-corrected chi connectivity index (χ0v) is 8.67. The Balaban J connectivity index is 2.51. The number of carbonyl (C=O) groups is 1. The molecule has 13 heavy (non-hydrogen) atoms. The predicted molar refractivity (Wildman–Crippen MR) is 52.0 cm³/mol. The summed E-state index contributed by atoms with van der Waals surface area (Å²) < 4.78 is 5.15. The smallest absolute Gasteiger partial charge is 0.317 e. The third-order valence-electron chi connectivity index (χ3n) is 2.32. The van der Waals surface area contributed by atoms with Crippen LogP contribution in [0.3, 0.4) is 0 Å². The van der Waals surface area contributed by atoms with Crippen molar-refractivity contribution in [2.24, 2.45) is 11.8 Å². The minimum Gasteiger partial charge on any atom is -0.431 e. The zero-order chi connectivity index (χ0) is 9.84. The highest BCUT2D eigenvalue weighted by Gasteiger charge is 2.27. The van der Waals surface area contributed by atoms with Gasteiger partial charge in [0.15, 0.2) is 0 Å². The monoisotopic (exact) mass is 182 g/mol. The maximum absolute atomic E-state index is 11.3. The van der Waals surface area contributed by atoms with Crippen LogP contribution in [0.25, 0.3) is 0 Å². The summed E-state index contributed by atoms with van der Waals surface area (Å²) >= 11 is 0. The maximum atomic E-state index is 11.3. The predicted octanol–water partition coefficient (Wildman–Crippen LogP) is 2.89. The van der Waals surface area contributed by atoms with E-state index in [2.05, 4.69) is 6.92 Å². The molecule has 74 valence electrons. The van der Waals surface area contributed by atoms with Crippen molar-refractivity contribution in [2.45, 2.75) is 40.0 Å². The van der Waals surface area contributed by atoms with Gasteiger partial charge >= 0.3 is 5.97 Å². The van der Waals surface area contributed by atoms with E-state index in [0.717, 1.165) is 25.0 Å². The summed E-state index contributed by atoms with van der Waals surface area (Å²) in [6.07, 6.45) is 5.16. The van der Waals surface area contributed by atoms with Crippen LogP contribution in [-0.2, 0) is 9.53 Å². The number of allylic oxidation sites excluding steroid dienone is 1. The Morgan fingerprint density at radius 3 is 2.69 bits per heavy atom. The maximum Gasteiger partial charge on any atom is 0.317 e. The van der Waals surface area contributed by atoms with Crippen molar-refractivity contribution in [1.29, 1.82) is 0 Å². The second-order valence-electron chi connectivity index (χ2n) is 3.89. The third kappa shape index (κ3) is 2.58. The molecule has 1 aliphatic heterocycles. The quantitative estimate of drug-likeness (QED) is 0.625. The van der Waals surface area contributed by atoms with Crippen LogP contribution < -0.4 is 0 Å². The topological polar surface area (TPSA) is 26.3 Å². The molecular formula is C11H18O2. The first kappa shape index (κ1) is 10.3. The highest BCUT2D eigenvalue weighted by Crippen LogP contribution is 2.26. The fraction of sp³-hybridized carbons (Fsp3) is 0.727. The van der Waals surface area contributed by atoms with E-state index in [-0.39, 0.29) is 11.9 Å². The van der Waals surface area contributed by atoms with Crippen LogP contribution in [-0.4, -0.2) is 5.97 Å². The van der Waals surface area contributed by atoms with Gasteiger partial charge in [-0.05, 0) is 12.5 Å². The van der Waals surface area contributed by atoms with Crippen LogP contribution in [0.2, 0.25) is 0 Å². The molecule has 0 amide bonds. The Kier molecular flexibility index (Phi) is 3.52. The molecule has 0 radical (unpaired) electrons. The van der Waals surface area contributed by atoms with E-state index >= 15 is 0 Å². The van der Waals surface area contributed by atoms with Crippen molar-refractivity contribution < 1.29 is 9.53 Å². The summed E-state index contributed by atoms with van der Waals surface area (Å²) in [6.45, 7) is 6.22. The minimum absolute atomic E-state index is 0.0253. The molecule has 1 atom stereocenters. The van der Waals surface area contributed by atoms with Crippen LogP contribution >= 0.6 is 0 Å².